The molecule has 0 radical (unpaired) electrons. The highest BCUT2D eigenvalue weighted by atomic mass is 16.2. The minimum Gasteiger partial charge on any atom is -0.351 e. The van der Waals surface area contributed by atoms with Crippen molar-refractivity contribution >= 4 is 22.7 Å². The van der Waals surface area contributed by atoms with Crippen LogP contribution in [0.3, 0.4) is 0 Å². The third kappa shape index (κ3) is 4.82. The molecule has 4 aromatic rings. The summed E-state index contributed by atoms with van der Waals surface area (Å²) in [7, 11) is 0. The van der Waals surface area contributed by atoms with Gasteiger partial charge in [0.1, 0.15) is 5.69 Å². The Bertz CT molecular complexity index is 1280. The number of benzene rings is 2. The molecule has 1 saturated heterocycles. The van der Waals surface area contributed by atoms with Gasteiger partial charge in [0.15, 0.2) is 0 Å². The van der Waals surface area contributed by atoms with Gasteiger partial charge in [-0.05, 0) is 48.7 Å². The summed E-state index contributed by atoms with van der Waals surface area (Å²) in [6, 6.07) is 18.9. The highest BCUT2D eigenvalue weighted by Gasteiger charge is 2.26. The van der Waals surface area contributed by atoms with E-state index < -0.39 is 0 Å². The van der Waals surface area contributed by atoms with Crippen LogP contribution in [-0.4, -0.2) is 45.6 Å². The second kappa shape index (κ2) is 9.84. The van der Waals surface area contributed by atoms with Gasteiger partial charge in [-0.25, -0.2) is 0 Å². The average molecular weight is 455 g/mol. The van der Waals surface area contributed by atoms with Crippen molar-refractivity contribution < 1.29 is 9.59 Å². The number of aromatic amines is 1. The number of hydrogen-bond donors (Lipinski definition) is 4. The lowest BCUT2D eigenvalue weighted by molar-refractivity contribution is -0.123. The van der Waals surface area contributed by atoms with Crippen LogP contribution in [0.5, 0.6) is 0 Å². The van der Waals surface area contributed by atoms with Gasteiger partial charge in [0.05, 0.1) is 11.6 Å². The molecule has 2 atom stereocenters. The van der Waals surface area contributed by atoms with Crippen LogP contribution in [0.2, 0.25) is 0 Å². The van der Waals surface area contributed by atoms with Crippen LogP contribution in [-0.2, 0) is 11.3 Å². The van der Waals surface area contributed by atoms with Gasteiger partial charge in [0.25, 0.3) is 5.91 Å². The Morgan fingerprint density at radius 1 is 1.00 bits per heavy atom. The summed E-state index contributed by atoms with van der Waals surface area (Å²) >= 11 is 0. The van der Waals surface area contributed by atoms with Gasteiger partial charge in [-0.2, -0.15) is 5.10 Å². The summed E-state index contributed by atoms with van der Waals surface area (Å²) in [5.74, 6) is -0.148. The zero-order valence-electron chi connectivity index (χ0n) is 18.6. The standard InChI is InChI=1S/C26H26N6O2/c33-25(19-6-8-22-21(14-19)24(32-31-22)18-10-12-27-13-11-18)30-20-7-9-23(28-16-20)26(34)29-15-17-4-2-1-3-5-17/h1-6,8,10-14,20,23,28H,7,9,15-16H2,(H,29,34)(H,30,33)(H,31,32)/t20-,23-/m1/s1. The van der Waals surface area contributed by atoms with E-state index >= 15 is 0 Å². The lowest BCUT2D eigenvalue weighted by Gasteiger charge is -2.29. The lowest BCUT2D eigenvalue weighted by atomic mass is 9.99. The molecular formula is C26H26N6O2. The molecule has 1 fully saturated rings. The molecule has 34 heavy (non-hydrogen) atoms. The molecule has 4 N–H and O–H groups in total. The van der Waals surface area contributed by atoms with Crippen molar-refractivity contribution in [3.05, 3.63) is 84.2 Å². The van der Waals surface area contributed by atoms with Gasteiger partial charge in [-0.15, -0.1) is 0 Å². The third-order valence-corrected chi connectivity index (χ3v) is 6.15. The Morgan fingerprint density at radius 2 is 1.82 bits per heavy atom. The van der Waals surface area contributed by atoms with E-state index in [-0.39, 0.29) is 23.9 Å². The maximum absolute atomic E-state index is 12.9. The maximum Gasteiger partial charge on any atom is 0.251 e. The number of fused-ring (bicyclic) bond motifs is 1. The van der Waals surface area contributed by atoms with E-state index in [9.17, 15) is 9.59 Å². The van der Waals surface area contributed by atoms with Crippen LogP contribution >= 0.6 is 0 Å². The summed E-state index contributed by atoms with van der Waals surface area (Å²) < 4.78 is 0. The number of hydrogen-bond acceptors (Lipinski definition) is 5. The summed E-state index contributed by atoms with van der Waals surface area (Å²) in [4.78, 5) is 29.5. The van der Waals surface area contributed by atoms with E-state index in [1.807, 2.05) is 54.6 Å². The van der Waals surface area contributed by atoms with Crippen molar-refractivity contribution in [2.45, 2.75) is 31.5 Å². The van der Waals surface area contributed by atoms with Crippen LogP contribution < -0.4 is 16.0 Å². The van der Waals surface area contributed by atoms with Crippen molar-refractivity contribution in [1.82, 2.24) is 31.1 Å². The quantitative estimate of drug-likeness (QED) is 0.358. The number of carbonyl (C=O) groups is 2. The van der Waals surface area contributed by atoms with Crippen LogP contribution in [0.4, 0.5) is 0 Å². The number of amides is 2. The van der Waals surface area contributed by atoms with E-state index in [2.05, 4.69) is 31.1 Å². The van der Waals surface area contributed by atoms with Crippen LogP contribution in [0, 0.1) is 0 Å². The van der Waals surface area contributed by atoms with Crippen molar-refractivity contribution in [1.29, 1.82) is 0 Å². The summed E-state index contributed by atoms with van der Waals surface area (Å²) in [6.45, 7) is 1.06. The number of nitrogens with zero attached hydrogens (tertiary/aromatic N) is 2. The molecule has 8 nitrogen and oxygen atoms in total. The monoisotopic (exact) mass is 454 g/mol. The molecule has 0 spiro atoms. The zero-order chi connectivity index (χ0) is 23.3. The van der Waals surface area contributed by atoms with Gasteiger partial charge < -0.3 is 16.0 Å². The lowest BCUT2D eigenvalue weighted by Crippen LogP contribution is -2.54. The normalized spacial score (nSPS) is 17.9. The van der Waals surface area contributed by atoms with Gasteiger partial charge in [0.2, 0.25) is 5.91 Å². The Labute approximate surface area is 197 Å². The minimum atomic E-state index is -0.248. The van der Waals surface area contributed by atoms with Gasteiger partial charge >= 0.3 is 0 Å². The van der Waals surface area contributed by atoms with Crippen LogP contribution in [0.15, 0.2) is 73.1 Å². The van der Waals surface area contributed by atoms with Gasteiger partial charge in [-0.1, -0.05) is 30.3 Å². The third-order valence-electron chi connectivity index (χ3n) is 6.15. The van der Waals surface area contributed by atoms with Crippen molar-refractivity contribution in [3.8, 4) is 11.3 Å². The van der Waals surface area contributed by atoms with E-state index in [4.69, 9.17) is 0 Å². The Hall–Kier alpha value is -4.04. The van der Waals surface area contributed by atoms with E-state index in [1.165, 1.54) is 0 Å². The summed E-state index contributed by atoms with van der Waals surface area (Å²) in [5, 5.41) is 17.7. The second-order valence-corrected chi connectivity index (χ2v) is 8.48. The molecule has 172 valence electrons. The molecule has 2 aromatic carbocycles. The highest BCUT2D eigenvalue weighted by Crippen LogP contribution is 2.26. The zero-order valence-corrected chi connectivity index (χ0v) is 18.6. The number of H-pyrrole nitrogens is 1. The molecule has 0 aliphatic carbocycles. The van der Waals surface area contributed by atoms with Crippen molar-refractivity contribution in [2.75, 3.05) is 6.54 Å². The first-order valence-corrected chi connectivity index (χ1v) is 11.4. The SMILES string of the molecule is O=C(N[C@@H]1CC[C@H](C(=O)NCc2ccccc2)NC1)c1ccc2[nH]nc(-c3ccncc3)c2c1. The molecule has 2 amide bonds. The number of carbonyl (C=O) groups excluding carboxylic acids is 2. The molecule has 1 aliphatic rings. The molecule has 0 saturated carbocycles. The fourth-order valence-corrected chi connectivity index (χ4v) is 4.27. The molecule has 0 bridgehead atoms. The fourth-order valence-electron chi connectivity index (χ4n) is 4.27. The molecule has 2 aromatic heterocycles. The van der Waals surface area contributed by atoms with Gasteiger partial charge in [0, 0.05) is 48.0 Å². The topological polar surface area (TPSA) is 112 Å². The fraction of sp³-hybridized carbons (Fsp3) is 0.231. The summed E-state index contributed by atoms with van der Waals surface area (Å²) in [6.07, 6.45) is 4.84. The Kier molecular flexibility index (Phi) is 6.31. The molecule has 8 heteroatoms. The second-order valence-electron chi connectivity index (χ2n) is 8.48. The Morgan fingerprint density at radius 3 is 2.59 bits per heavy atom. The van der Waals surface area contributed by atoms with E-state index in [1.54, 1.807) is 18.5 Å². The first-order chi connectivity index (χ1) is 16.7. The van der Waals surface area contributed by atoms with E-state index in [0.717, 1.165) is 34.1 Å². The molecule has 0 unspecified atom stereocenters. The number of piperidine rings is 1. The molecule has 5 rings (SSSR count). The molecular weight excluding hydrogens is 428 g/mol. The first kappa shape index (κ1) is 21.8. The van der Waals surface area contributed by atoms with E-state index in [0.29, 0.717) is 25.1 Å². The Balaban J connectivity index is 1.17. The van der Waals surface area contributed by atoms with Crippen molar-refractivity contribution in [3.63, 3.8) is 0 Å². The van der Waals surface area contributed by atoms with Crippen LogP contribution in [0.1, 0.15) is 28.8 Å². The highest BCUT2D eigenvalue weighted by molar-refractivity contribution is 6.01. The molecule has 3 heterocycles. The minimum absolute atomic E-state index is 0.0114. The maximum atomic E-state index is 12.9. The number of rotatable bonds is 6. The largest absolute Gasteiger partial charge is 0.351 e. The first-order valence-electron chi connectivity index (χ1n) is 11.4. The smallest absolute Gasteiger partial charge is 0.251 e. The number of aromatic nitrogens is 3. The predicted octanol–water partition coefficient (Wildman–Crippen LogP) is 2.79. The molecule has 1 aliphatic heterocycles. The summed E-state index contributed by atoms with van der Waals surface area (Å²) in [5.41, 5.74) is 4.24. The van der Waals surface area contributed by atoms with Crippen LogP contribution in [0.25, 0.3) is 22.2 Å². The van der Waals surface area contributed by atoms with Crippen molar-refractivity contribution in [2.24, 2.45) is 0 Å². The number of pyridine rings is 1. The average Bonchev–Trinajstić information content (AvgIpc) is 3.32. The predicted molar refractivity (Wildman–Crippen MR) is 130 cm³/mol. The number of nitrogens with one attached hydrogen (secondary N) is 4. The van der Waals surface area contributed by atoms with Gasteiger partial charge in [-0.3, -0.25) is 19.7 Å².